The quantitative estimate of drug-likeness (QED) is 0.492. The van der Waals surface area contributed by atoms with Crippen molar-refractivity contribution >= 4 is 27.7 Å². The third-order valence-electron chi connectivity index (χ3n) is 9.37. The minimum absolute atomic E-state index is 0.0112. The predicted molar refractivity (Wildman–Crippen MR) is 112 cm³/mol. The zero-order valence-corrected chi connectivity index (χ0v) is 19.0. The van der Waals surface area contributed by atoms with Gasteiger partial charge in [0, 0.05) is 11.8 Å². The first-order chi connectivity index (χ1) is 13.8. The highest BCUT2D eigenvalue weighted by Crippen LogP contribution is 2.65. The van der Waals surface area contributed by atoms with Crippen LogP contribution in [-0.4, -0.2) is 17.9 Å². The first-order valence-corrected chi connectivity index (χ1v) is 12.1. The molecule has 5 rings (SSSR count). The number of halogens is 1. The Morgan fingerprint density at radius 1 is 1.10 bits per heavy atom. The highest BCUT2D eigenvalue weighted by Gasteiger charge is 2.60. The fourth-order valence-electron chi connectivity index (χ4n) is 7.73. The summed E-state index contributed by atoms with van der Waals surface area (Å²) in [6.07, 6.45) is 9.63. The lowest BCUT2D eigenvalue weighted by Gasteiger charge is -2.60. The van der Waals surface area contributed by atoms with Gasteiger partial charge >= 0.3 is 5.97 Å². The smallest absolute Gasteiger partial charge is 0.374 e. The van der Waals surface area contributed by atoms with Crippen LogP contribution in [0.15, 0.2) is 21.2 Å². The minimum Gasteiger partial charge on any atom is -0.457 e. The molecule has 0 aromatic carbocycles. The van der Waals surface area contributed by atoms with Crippen molar-refractivity contribution in [3.63, 3.8) is 0 Å². The summed E-state index contributed by atoms with van der Waals surface area (Å²) in [6.45, 7) is 4.75. The van der Waals surface area contributed by atoms with Crippen LogP contribution in [0.2, 0.25) is 0 Å². The van der Waals surface area contributed by atoms with Gasteiger partial charge < -0.3 is 9.15 Å². The number of hydrogen-bond donors (Lipinski definition) is 0. The van der Waals surface area contributed by atoms with Crippen LogP contribution in [-0.2, 0) is 9.53 Å². The lowest BCUT2D eigenvalue weighted by atomic mass is 9.45. The molecular formula is C24H31BrO4. The number of esters is 1. The van der Waals surface area contributed by atoms with Gasteiger partial charge in [-0.05, 0) is 109 Å². The van der Waals surface area contributed by atoms with Crippen LogP contribution in [0.25, 0.3) is 0 Å². The van der Waals surface area contributed by atoms with Gasteiger partial charge in [-0.1, -0.05) is 13.8 Å². The summed E-state index contributed by atoms with van der Waals surface area (Å²) in [4.78, 5) is 25.0. The van der Waals surface area contributed by atoms with Crippen LogP contribution in [0, 0.1) is 34.5 Å². The Balaban J connectivity index is 1.29. The summed E-state index contributed by atoms with van der Waals surface area (Å²) in [5.41, 5.74) is 0.279. The van der Waals surface area contributed by atoms with Gasteiger partial charge in [-0.15, -0.1) is 0 Å². The van der Waals surface area contributed by atoms with Gasteiger partial charge in [0.1, 0.15) is 11.9 Å². The first kappa shape index (κ1) is 19.8. The van der Waals surface area contributed by atoms with Crippen molar-refractivity contribution in [3.05, 3.63) is 22.6 Å². The molecule has 158 valence electrons. The van der Waals surface area contributed by atoms with E-state index in [0.29, 0.717) is 33.6 Å². The Kier molecular flexibility index (Phi) is 4.76. The molecule has 0 radical (unpaired) electrons. The van der Waals surface area contributed by atoms with Crippen molar-refractivity contribution in [2.75, 3.05) is 0 Å². The normalized spacial score (nSPS) is 44.0. The number of fused-ring (bicyclic) bond motifs is 5. The van der Waals surface area contributed by atoms with Crippen LogP contribution in [0.1, 0.15) is 82.2 Å². The molecule has 0 amide bonds. The van der Waals surface area contributed by atoms with Crippen LogP contribution in [0.4, 0.5) is 0 Å². The molecule has 4 aliphatic rings. The second-order valence-corrected chi connectivity index (χ2v) is 11.3. The standard InChI is InChI=1S/C24H31BrO4/c1-23-11-9-15(28-22(27)19-6-8-21(25)29-19)13-14(23)3-4-16-17-5-7-20(26)24(17,2)12-10-18(16)23/h6,8,14-18H,3-5,7,9-13H2,1-2H3/t14-,15?,16?,17?,18?,23?,24?/m0/s1. The third-order valence-corrected chi connectivity index (χ3v) is 9.80. The van der Waals surface area contributed by atoms with Crippen molar-refractivity contribution in [2.45, 2.75) is 77.7 Å². The van der Waals surface area contributed by atoms with E-state index in [-0.39, 0.29) is 23.2 Å². The largest absolute Gasteiger partial charge is 0.457 e. The number of ether oxygens (including phenoxy) is 1. The lowest BCUT2D eigenvalue weighted by Crippen LogP contribution is -2.54. The van der Waals surface area contributed by atoms with E-state index in [1.54, 1.807) is 12.1 Å². The van der Waals surface area contributed by atoms with Crippen molar-refractivity contribution in [2.24, 2.45) is 34.5 Å². The first-order valence-electron chi connectivity index (χ1n) is 11.3. The summed E-state index contributed by atoms with van der Waals surface area (Å²) < 4.78 is 11.7. The topological polar surface area (TPSA) is 56.5 Å². The maximum absolute atomic E-state index is 12.6. The van der Waals surface area contributed by atoms with Crippen LogP contribution < -0.4 is 0 Å². The molecular weight excluding hydrogens is 432 g/mol. The molecule has 0 saturated heterocycles. The molecule has 4 fully saturated rings. The van der Waals surface area contributed by atoms with Crippen LogP contribution in [0.5, 0.6) is 0 Å². The number of rotatable bonds is 2. The van der Waals surface area contributed by atoms with Crippen molar-refractivity contribution in [3.8, 4) is 0 Å². The summed E-state index contributed by atoms with van der Waals surface area (Å²) in [7, 11) is 0. The molecule has 0 bridgehead atoms. The molecule has 29 heavy (non-hydrogen) atoms. The van der Waals surface area contributed by atoms with E-state index in [1.807, 2.05) is 0 Å². The third kappa shape index (κ3) is 3.05. The van der Waals surface area contributed by atoms with E-state index in [0.717, 1.165) is 44.4 Å². The molecule has 4 saturated carbocycles. The molecule has 4 nitrogen and oxygen atoms in total. The van der Waals surface area contributed by atoms with E-state index in [2.05, 4.69) is 29.8 Å². The summed E-state index contributed by atoms with van der Waals surface area (Å²) in [5, 5.41) is 0. The zero-order chi connectivity index (χ0) is 20.4. The van der Waals surface area contributed by atoms with Crippen molar-refractivity contribution < 1.29 is 18.7 Å². The molecule has 0 aliphatic heterocycles. The average molecular weight is 463 g/mol. The van der Waals surface area contributed by atoms with Gasteiger partial charge in [-0.2, -0.15) is 0 Å². The highest BCUT2D eigenvalue weighted by atomic mass is 79.9. The molecule has 5 heteroatoms. The van der Waals surface area contributed by atoms with E-state index >= 15 is 0 Å². The molecule has 7 atom stereocenters. The Morgan fingerprint density at radius 3 is 2.69 bits per heavy atom. The molecule has 1 heterocycles. The fraction of sp³-hybridized carbons (Fsp3) is 0.750. The number of Topliss-reactive ketones (excluding diaryl/α,β-unsaturated/α-hetero) is 1. The summed E-state index contributed by atoms with van der Waals surface area (Å²) >= 11 is 3.24. The lowest BCUT2D eigenvalue weighted by molar-refractivity contribution is -0.142. The highest BCUT2D eigenvalue weighted by molar-refractivity contribution is 9.10. The number of carbonyl (C=O) groups excluding carboxylic acids is 2. The Labute approximate surface area is 181 Å². The molecule has 4 aliphatic carbocycles. The molecule has 0 N–H and O–H groups in total. The monoisotopic (exact) mass is 462 g/mol. The average Bonchev–Trinajstić information content (AvgIpc) is 3.25. The van der Waals surface area contributed by atoms with Gasteiger partial charge in [0.25, 0.3) is 0 Å². The molecule has 6 unspecified atom stereocenters. The van der Waals surface area contributed by atoms with E-state index < -0.39 is 0 Å². The number of hydrogen-bond acceptors (Lipinski definition) is 4. The van der Waals surface area contributed by atoms with Gasteiger partial charge in [-0.3, -0.25) is 4.79 Å². The van der Waals surface area contributed by atoms with Crippen LogP contribution >= 0.6 is 15.9 Å². The van der Waals surface area contributed by atoms with Gasteiger partial charge in [0.2, 0.25) is 5.76 Å². The van der Waals surface area contributed by atoms with Crippen molar-refractivity contribution in [1.82, 2.24) is 0 Å². The van der Waals surface area contributed by atoms with Gasteiger partial charge in [-0.25, -0.2) is 4.79 Å². The number of furan rings is 1. The predicted octanol–water partition coefficient (Wildman–Crippen LogP) is 6.18. The second-order valence-electron chi connectivity index (χ2n) is 10.5. The maximum atomic E-state index is 12.6. The zero-order valence-electron chi connectivity index (χ0n) is 17.4. The van der Waals surface area contributed by atoms with E-state index in [4.69, 9.17) is 9.15 Å². The minimum atomic E-state index is -0.351. The fourth-order valence-corrected chi connectivity index (χ4v) is 8.04. The SMILES string of the molecule is CC12CCC3C(CC[C@H]4CC(OC(=O)c5ccc(Br)o5)CCC34C)C1CCC2=O. The van der Waals surface area contributed by atoms with E-state index in [9.17, 15) is 9.59 Å². The molecule has 0 spiro atoms. The number of carbonyl (C=O) groups is 2. The summed E-state index contributed by atoms with van der Waals surface area (Å²) in [5.74, 6) is 3.08. The maximum Gasteiger partial charge on any atom is 0.374 e. The summed E-state index contributed by atoms with van der Waals surface area (Å²) in [6, 6.07) is 3.38. The molecule has 1 aromatic rings. The van der Waals surface area contributed by atoms with Crippen molar-refractivity contribution in [1.29, 1.82) is 0 Å². The Hall–Kier alpha value is -1.10. The van der Waals surface area contributed by atoms with Crippen LogP contribution in [0.3, 0.4) is 0 Å². The Bertz CT molecular complexity index is 831. The van der Waals surface area contributed by atoms with Gasteiger partial charge in [0.15, 0.2) is 4.67 Å². The van der Waals surface area contributed by atoms with Gasteiger partial charge in [0.05, 0.1) is 0 Å². The molecule has 1 aromatic heterocycles. The van der Waals surface area contributed by atoms with E-state index in [1.165, 1.54) is 19.3 Å². The second kappa shape index (κ2) is 6.96. The number of ketones is 1. The Morgan fingerprint density at radius 2 is 1.93 bits per heavy atom.